The summed E-state index contributed by atoms with van der Waals surface area (Å²) in [6, 6.07) is 10.5. The minimum atomic E-state index is 0.00580. The monoisotopic (exact) mass is 287 g/mol. The number of amides is 2. The SMILES string of the molecule is CC(C)/C=C/NC(=O)N1CCN(Cc2ccccc2)CC1. The standard InChI is InChI=1S/C17H25N3O/c1-15(2)8-9-18-17(21)20-12-10-19(11-13-20)14-16-6-4-3-5-7-16/h3-9,15H,10-14H2,1-2H3,(H,18,21)/b9-8+. The maximum Gasteiger partial charge on any atom is 0.321 e. The van der Waals surface area contributed by atoms with E-state index in [1.807, 2.05) is 17.0 Å². The molecular weight excluding hydrogens is 262 g/mol. The van der Waals surface area contributed by atoms with Gasteiger partial charge in [0, 0.05) is 38.9 Å². The van der Waals surface area contributed by atoms with Crippen LogP contribution in [0.1, 0.15) is 19.4 Å². The summed E-state index contributed by atoms with van der Waals surface area (Å²) in [6.07, 6.45) is 3.74. The minimum Gasteiger partial charge on any atom is -0.322 e. The van der Waals surface area contributed by atoms with Crippen LogP contribution in [-0.4, -0.2) is 42.0 Å². The lowest BCUT2D eigenvalue weighted by Gasteiger charge is -2.34. The molecule has 0 bridgehead atoms. The molecule has 0 atom stereocenters. The van der Waals surface area contributed by atoms with E-state index in [9.17, 15) is 4.79 Å². The Kier molecular flexibility index (Phi) is 5.81. The van der Waals surface area contributed by atoms with Crippen LogP contribution in [0.3, 0.4) is 0 Å². The number of benzene rings is 1. The van der Waals surface area contributed by atoms with Crippen LogP contribution >= 0.6 is 0 Å². The molecule has 1 aliphatic heterocycles. The van der Waals surface area contributed by atoms with Gasteiger partial charge in [0.05, 0.1) is 0 Å². The number of hydrogen-bond acceptors (Lipinski definition) is 2. The summed E-state index contributed by atoms with van der Waals surface area (Å²) in [6.45, 7) is 8.56. The normalized spacial score (nSPS) is 16.6. The number of rotatable bonds is 4. The average molecular weight is 287 g/mol. The van der Waals surface area contributed by atoms with Crippen molar-refractivity contribution in [2.24, 2.45) is 5.92 Å². The van der Waals surface area contributed by atoms with E-state index < -0.39 is 0 Å². The van der Waals surface area contributed by atoms with Gasteiger partial charge < -0.3 is 10.2 Å². The van der Waals surface area contributed by atoms with E-state index in [0.717, 1.165) is 32.7 Å². The van der Waals surface area contributed by atoms with Crippen LogP contribution in [0.15, 0.2) is 42.6 Å². The van der Waals surface area contributed by atoms with Gasteiger partial charge >= 0.3 is 6.03 Å². The zero-order valence-electron chi connectivity index (χ0n) is 13.0. The van der Waals surface area contributed by atoms with Gasteiger partial charge in [-0.15, -0.1) is 0 Å². The van der Waals surface area contributed by atoms with E-state index in [-0.39, 0.29) is 6.03 Å². The number of nitrogens with one attached hydrogen (secondary N) is 1. The molecule has 0 saturated carbocycles. The lowest BCUT2D eigenvalue weighted by atomic mass is 10.2. The fraction of sp³-hybridized carbons (Fsp3) is 0.471. The van der Waals surface area contributed by atoms with Gasteiger partial charge in [0.2, 0.25) is 0 Å². The van der Waals surface area contributed by atoms with Gasteiger partial charge in [0.1, 0.15) is 0 Å². The van der Waals surface area contributed by atoms with Crippen molar-refractivity contribution < 1.29 is 4.79 Å². The van der Waals surface area contributed by atoms with Gasteiger partial charge in [-0.05, 0) is 11.5 Å². The van der Waals surface area contributed by atoms with Crippen LogP contribution in [0.5, 0.6) is 0 Å². The first-order valence-electron chi connectivity index (χ1n) is 7.63. The highest BCUT2D eigenvalue weighted by Gasteiger charge is 2.20. The van der Waals surface area contributed by atoms with Crippen molar-refractivity contribution in [3.05, 3.63) is 48.2 Å². The Hall–Kier alpha value is -1.81. The quantitative estimate of drug-likeness (QED) is 0.924. The summed E-state index contributed by atoms with van der Waals surface area (Å²) < 4.78 is 0. The smallest absolute Gasteiger partial charge is 0.321 e. The molecule has 2 rings (SSSR count). The van der Waals surface area contributed by atoms with E-state index in [4.69, 9.17) is 0 Å². The van der Waals surface area contributed by atoms with Crippen LogP contribution in [0, 0.1) is 5.92 Å². The number of urea groups is 1. The Morgan fingerprint density at radius 1 is 1.19 bits per heavy atom. The highest BCUT2D eigenvalue weighted by Crippen LogP contribution is 2.08. The van der Waals surface area contributed by atoms with E-state index in [1.165, 1.54) is 5.56 Å². The van der Waals surface area contributed by atoms with Crippen molar-refractivity contribution in [3.8, 4) is 0 Å². The van der Waals surface area contributed by atoms with Crippen molar-refractivity contribution in [3.63, 3.8) is 0 Å². The maximum absolute atomic E-state index is 12.0. The zero-order chi connectivity index (χ0) is 15.1. The highest BCUT2D eigenvalue weighted by atomic mass is 16.2. The van der Waals surface area contributed by atoms with E-state index in [1.54, 1.807) is 6.20 Å². The molecule has 0 spiro atoms. The molecule has 2 amide bonds. The van der Waals surface area contributed by atoms with Crippen molar-refractivity contribution in [1.82, 2.24) is 15.1 Å². The van der Waals surface area contributed by atoms with Gasteiger partial charge in [0.25, 0.3) is 0 Å². The van der Waals surface area contributed by atoms with Crippen LogP contribution in [0.2, 0.25) is 0 Å². The highest BCUT2D eigenvalue weighted by molar-refractivity contribution is 5.75. The second kappa shape index (κ2) is 7.84. The summed E-state index contributed by atoms with van der Waals surface area (Å²) in [4.78, 5) is 16.3. The Labute approximate surface area is 127 Å². The molecule has 0 aliphatic carbocycles. The lowest BCUT2D eigenvalue weighted by molar-refractivity contribution is 0.137. The second-order valence-corrected chi connectivity index (χ2v) is 5.80. The molecule has 0 aromatic heterocycles. The largest absolute Gasteiger partial charge is 0.322 e. The molecule has 1 N–H and O–H groups in total. The van der Waals surface area contributed by atoms with Gasteiger partial charge in [-0.1, -0.05) is 50.3 Å². The minimum absolute atomic E-state index is 0.00580. The van der Waals surface area contributed by atoms with E-state index in [2.05, 4.69) is 48.3 Å². The third kappa shape index (κ3) is 5.23. The first kappa shape index (κ1) is 15.6. The number of carbonyl (C=O) groups is 1. The topological polar surface area (TPSA) is 35.6 Å². The number of allylic oxidation sites excluding steroid dienone is 1. The molecule has 0 unspecified atom stereocenters. The first-order chi connectivity index (χ1) is 10.1. The summed E-state index contributed by atoms with van der Waals surface area (Å²) in [5, 5.41) is 2.84. The van der Waals surface area contributed by atoms with Crippen LogP contribution in [0.25, 0.3) is 0 Å². The summed E-state index contributed by atoms with van der Waals surface area (Å²) in [5.41, 5.74) is 1.33. The second-order valence-electron chi connectivity index (χ2n) is 5.80. The Morgan fingerprint density at radius 2 is 1.86 bits per heavy atom. The van der Waals surface area contributed by atoms with Crippen molar-refractivity contribution in [1.29, 1.82) is 0 Å². The Morgan fingerprint density at radius 3 is 2.48 bits per heavy atom. The summed E-state index contributed by atoms with van der Waals surface area (Å²) in [5.74, 6) is 0.452. The summed E-state index contributed by atoms with van der Waals surface area (Å²) >= 11 is 0. The van der Waals surface area contributed by atoms with Crippen LogP contribution in [0.4, 0.5) is 4.79 Å². The van der Waals surface area contributed by atoms with Gasteiger partial charge in [-0.2, -0.15) is 0 Å². The molecule has 1 aromatic carbocycles. The van der Waals surface area contributed by atoms with Crippen molar-refractivity contribution in [2.75, 3.05) is 26.2 Å². The molecule has 1 aliphatic rings. The third-order valence-corrected chi connectivity index (χ3v) is 3.60. The molecule has 21 heavy (non-hydrogen) atoms. The van der Waals surface area contributed by atoms with Gasteiger partial charge in [-0.25, -0.2) is 4.79 Å². The average Bonchev–Trinajstić information content (AvgIpc) is 2.48. The van der Waals surface area contributed by atoms with Crippen molar-refractivity contribution >= 4 is 6.03 Å². The fourth-order valence-corrected chi connectivity index (χ4v) is 2.35. The summed E-state index contributed by atoms with van der Waals surface area (Å²) in [7, 11) is 0. The predicted octanol–water partition coefficient (Wildman–Crippen LogP) is 2.68. The van der Waals surface area contributed by atoms with Crippen LogP contribution in [-0.2, 0) is 6.54 Å². The molecule has 1 aromatic rings. The van der Waals surface area contributed by atoms with Crippen LogP contribution < -0.4 is 5.32 Å². The van der Waals surface area contributed by atoms with E-state index >= 15 is 0 Å². The van der Waals surface area contributed by atoms with E-state index in [0.29, 0.717) is 5.92 Å². The molecule has 1 fully saturated rings. The zero-order valence-corrected chi connectivity index (χ0v) is 13.0. The van der Waals surface area contributed by atoms with Crippen molar-refractivity contribution in [2.45, 2.75) is 20.4 Å². The molecule has 1 saturated heterocycles. The molecule has 4 heteroatoms. The molecule has 4 nitrogen and oxygen atoms in total. The maximum atomic E-state index is 12.0. The number of nitrogens with zero attached hydrogens (tertiary/aromatic N) is 2. The number of hydrogen-bond donors (Lipinski definition) is 1. The molecule has 114 valence electrons. The first-order valence-corrected chi connectivity index (χ1v) is 7.63. The lowest BCUT2D eigenvalue weighted by Crippen LogP contribution is -2.50. The molecule has 0 radical (unpaired) electrons. The number of piperazine rings is 1. The fourth-order valence-electron chi connectivity index (χ4n) is 2.35. The molecular formula is C17H25N3O. The molecule has 1 heterocycles. The number of carbonyl (C=O) groups excluding carboxylic acids is 1. The Balaban J connectivity index is 1.74. The van der Waals surface area contributed by atoms with Gasteiger partial charge in [-0.3, -0.25) is 4.90 Å². The Bertz CT molecular complexity index is 462. The third-order valence-electron chi connectivity index (χ3n) is 3.60. The van der Waals surface area contributed by atoms with Gasteiger partial charge in [0.15, 0.2) is 0 Å². The predicted molar refractivity (Wildman–Crippen MR) is 85.8 cm³/mol.